The number of sulfonamides is 1. The summed E-state index contributed by atoms with van der Waals surface area (Å²) in [5, 5.41) is 12.0. The molecule has 4 aliphatic rings. The minimum absolute atomic E-state index is 0.0250. The van der Waals surface area contributed by atoms with Crippen molar-refractivity contribution in [3.05, 3.63) is 69.9 Å². The first kappa shape index (κ1) is 32.3. The molecule has 9 nitrogen and oxygen atoms in total. The minimum atomic E-state index is -3.19. The minimum Gasteiger partial charge on any atom is -0.618 e. The molecule has 1 aliphatic carbocycles. The molecule has 45 heavy (non-hydrogen) atoms. The van der Waals surface area contributed by atoms with Crippen LogP contribution in [0.5, 0.6) is 0 Å². The molecule has 11 heteroatoms. The molecule has 3 aliphatic heterocycles. The van der Waals surface area contributed by atoms with Gasteiger partial charge in [-0.1, -0.05) is 12.1 Å². The van der Waals surface area contributed by atoms with Gasteiger partial charge in [0.2, 0.25) is 15.7 Å². The summed E-state index contributed by atoms with van der Waals surface area (Å²) in [5.74, 6) is -0.0596. The van der Waals surface area contributed by atoms with Crippen LogP contribution >= 0.6 is 0 Å². The van der Waals surface area contributed by atoms with Gasteiger partial charge in [-0.3, -0.25) is 14.6 Å². The fraction of sp³-hybridized carbons (Fsp3) is 0.647. The third-order valence-corrected chi connectivity index (χ3v) is 13.5. The number of hydrogen-bond donors (Lipinski definition) is 0. The van der Waals surface area contributed by atoms with Crippen LogP contribution in [0.1, 0.15) is 85.6 Å². The standard InChI is InChI=1S/C34H48FN5O4S/c1-24-10-17-40(42)26(3)31(24)33(41)36-18-13-34(4,14-19-36)37-20-21-39(25(2)23-37)32(28-6-5-7-29(35)22-28)27-11-15-38(16-12-27)45(43,44)30-8-9-30/h5-7,10,17,22,25,27,30,32H,8-9,11-16,18-21,23H2,1-4H3/t25-,32+/m0/s1. The number of carbonyl (C=O) groups excluding carboxylic acids is 1. The van der Waals surface area contributed by atoms with Crippen LogP contribution in [0, 0.1) is 30.8 Å². The van der Waals surface area contributed by atoms with E-state index in [0.717, 1.165) is 74.0 Å². The summed E-state index contributed by atoms with van der Waals surface area (Å²) < 4.78 is 42.8. The molecule has 6 rings (SSSR count). The molecule has 4 heterocycles. The number of halogens is 1. The van der Waals surface area contributed by atoms with E-state index in [1.165, 1.54) is 12.3 Å². The number of piperazine rings is 1. The van der Waals surface area contributed by atoms with Crippen molar-refractivity contribution in [1.82, 2.24) is 19.0 Å². The van der Waals surface area contributed by atoms with Crippen LogP contribution < -0.4 is 4.73 Å². The molecule has 0 bridgehead atoms. The number of likely N-dealkylation sites (tertiary alicyclic amines) is 1. The monoisotopic (exact) mass is 641 g/mol. The van der Waals surface area contributed by atoms with Crippen LogP contribution in [0.3, 0.4) is 0 Å². The Kier molecular flexibility index (Phi) is 9.02. The van der Waals surface area contributed by atoms with Crippen LogP contribution in [-0.2, 0) is 10.0 Å². The highest BCUT2D eigenvalue weighted by molar-refractivity contribution is 7.90. The van der Waals surface area contributed by atoms with Crippen LogP contribution in [0.15, 0.2) is 36.5 Å². The molecule has 0 N–H and O–H groups in total. The van der Waals surface area contributed by atoms with E-state index in [-0.39, 0.29) is 40.5 Å². The number of nitrogens with zero attached hydrogens (tertiary/aromatic N) is 5. The maximum Gasteiger partial charge on any atom is 0.260 e. The molecule has 0 radical (unpaired) electrons. The first-order valence-electron chi connectivity index (χ1n) is 16.6. The van der Waals surface area contributed by atoms with E-state index < -0.39 is 10.0 Å². The van der Waals surface area contributed by atoms with Crippen molar-refractivity contribution in [2.45, 2.75) is 89.1 Å². The SMILES string of the molecule is Cc1cc[n+]([O-])c(C)c1C(=O)N1CCC(C)(N2CCN([C@@H](c3cccc(F)c3)C3CCN(S(=O)(=O)C4CC4)CC3)[C@@H](C)C2)CC1. The number of aryl methyl sites for hydroxylation is 1. The van der Waals surface area contributed by atoms with Gasteiger partial charge in [0.05, 0.1) is 5.25 Å². The molecule has 246 valence electrons. The zero-order valence-corrected chi connectivity index (χ0v) is 27.9. The Balaban J connectivity index is 1.12. The average molecular weight is 642 g/mol. The molecule has 1 amide bonds. The van der Waals surface area contributed by atoms with E-state index in [1.807, 2.05) is 17.9 Å². The van der Waals surface area contributed by atoms with Gasteiger partial charge < -0.3 is 10.1 Å². The molecule has 1 saturated carbocycles. The zero-order valence-electron chi connectivity index (χ0n) is 27.1. The molecule has 2 atom stereocenters. The van der Waals surface area contributed by atoms with Crippen molar-refractivity contribution in [1.29, 1.82) is 0 Å². The van der Waals surface area contributed by atoms with Crippen molar-refractivity contribution >= 4 is 15.9 Å². The lowest BCUT2D eigenvalue weighted by Gasteiger charge is -2.54. The van der Waals surface area contributed by atoms with Gasteiger partial charge in [-0.25, -0.2) is 17.1 Å². The second-order valence-electron chi connectivity index (χ2n) is 14.1. The van der Waals surface area contributed by atoms with E-state index in [9.17, 15) is 22.8 Å². The Labute approximate surface area is 267 Å². The summed E-state index contributed by atoms with van der Waals surface area (Å²) in [6, 6.07) is 8.92. The summed E-state index contributed by atoms with van der Waals surface area (Å²) in [4.78, 5) is 20.5. The number of carbonyl (C=O) groups is 1. The molecule has 0 spiro atoms. The lowest BCUT2D eigenvalue weighted by atomic mass is 9.82. The summed E-state index contributed by atoms with van der Waals surface area (Å²) >= 11 is 0. The normalized spacial score (nSPS) is 24.9. The first-order valence-corrected chi connectivity index (χ1v) is 18.1. The highest BCUT2D eigenvalue weighted by atomic mass is 32.2. The van der Waals surface area contributed by atoms with Gasteiger partial charge in [-0.15, -0.1) is 0 Å². The van der Waals surface area contributed by atoms with E-state index in [4.69, 9.17) is 0 Å². The average Bonchev–Trinajstić information content (AvgIpc) is 3.88. The molecule has 3 saturated heterocycles. The molecule has 0 unspecified atom stereocenters. The molecule has 4 fully saturated rings. The largest absolute Gasteiger partial charge is 0.618 e. The maximum absolute atomic E-state index is 14.5. The highest BCUT2D eigenvalue weighted by Gasteiger charge is 2.45. The molecular weight excluding hydrogens is 593 g/mol. The highest BCUT2D eigenvalue weighted by Crippen LogP contribution is 2.41. The summed E-state index contributed by atoms with van der Waals surface area (Å²) in [5.41, 5.74) is 2.71. The van der Waals surface area contributed by atoms with E-state index in [2.05, 4.69) is 23.6 Å². The van der Waals surface area contributed by atoms with Crippen molar-refractivity contribution in [3.8, 4) is 0 Å². The lowest BCUT2D eigenvalue weighted by molar-refractivity contribution is -0.612. The Bertz CT molecular complexity index is 1520. The smallest absolute Gasteiger partial charge is 0.260 e. The van der Waals surface area contributed by atoms with Crippen molar-refractivity contribution in [3.63, 3.8) is 0 Å². The van der Waals surface area contributed by atoms with Gasteiger partial charge in [0.1, 0.15) is 11.4 Å². The summed E-state index contributed by atoms with van der Waals surface area (Å²) in [7, 11) is -3.19. The van der Waals surface area contributed by atoms with Crippen LogP contribution in [-0.4, -0.2) is 96.0 Å². The summed E-state index contributed by atoms with van der Waals surface area (Å²) in [6.07, 6.45) is 6.26. The Hall–Kier alpha value is -2.60. The number of rotatable bonds is 7. The van der Waals surface area contributed by atoms with Gasteiger partial charge in [-0.05, 0) is 88.5 Å². The third kappa shape index (κ3) is 6.38. The number of amides is 1. The van der Waals surface area contributed by atoms with E-state index in [1.54, 1.807) is 29.4 Å². The number of benzene rings is 1. The van der Waals surface area contributed by atoms with Crippen LogP contribution in [0.2, 0.25) is 0 Å². The predicted molar refractivity (Wildman–Crippen MR) is 172 cm³/mol. The van der Waals surface area contributed by atoms with Crippen molar-refractivity contribution in [2.24, 2.45) is 5.92 Å². The fourth-order valence-electron chi connectivity index (χ4n) is 8.08. The lowest BCUT2D eigenvalue weighted by Crippen LogP contribution is -2.63. The second kappa shape index (κ2) is 12.5. The number of piperidine rings is 2. The third-order valence-electron chi connectivity index (χ3n) is 11.1. The van der Waals surface area contributed by atoms with Crippen LogP contribution in [0.25, 0.3) is 0 Å². The predicted octanol–water partition coefficient (Wildman–Crippen LogP) is 4.02. The van der Waals surface area contributed by atoms with E-state index in [0.29, 0.717) is 37.4 Å². The second-order valence-corrected chi connectivity index (χ2v) is 16.3. The first-order chi connectivity index (χ1) is 21.4. The van der Waals surface area contributed by atoms with Gasteiger partial charge >= 0.3 is 0 Å². The summed E-state index contributed by atoms with van der Waals surface area (Å²) in [6.45, 7) is 13.1. The maximum atomic E-state index is 14.5. The molecular formula is C34H48FN5O4S. The molecule has 1 aromatic heterocycles. The van der Waals surface area contributed by atoms with Gasteiger partial charge in [-0.2, -0.15) is 4.73 Å². The Morgan fingerprint density at radius 2 is 1.71 bits per heavy atom. The van der Waals surface area contributed by atoms with Crippen molar-refractivity contribution in [2.75, 3.05) is 45.8 Å². The van der Waals surface area contributed by atoms with E-state index >= 15 is 0 Å². The number of hydrogen-bond acceptors (Lipinski definition) is 6. The van der Waals surface area contributed by atoms with Gasteiger partial charge in [0.25, 0.3) is 5.91 Å². The van der Waals surface area contributed by atoms with Crippen LogP contribution in [0.4, 0.5) is 4.39 Å². The van der Waals surface area contributed by atoms with Crippen molar-refractivity contribution < 1.29 is 22.3 Å². The number of pyridine rings is 1. The molecule has 1 aromatic carbocycles. The quantitative estimate of drug-likeness (QED) is 0.335. The Morgan fingerprint density at radius 3 is 2.33 bits per heavy atom. The number of aromatic nitrogens is 1. The topological polar surface area (TPSA) is 91.1 Å². The zero-order chi connectivity index (χ0) is 32.1. The fourth-order valence-corrected chi connectivity index (χ4v) is 9.96. The van der Waals surface area contributed by atoms with Gasteiger partial charge in [0.15, 0.2) is 6.20 Å². The Morgan fingerprint density at radius 1 is 1.02 bits per heavy atom. The molecule has 2 aromatic rings. The van der Waals surface area contributed by atoms with Gasteiger partial charge in [0, 0.05) is 76.4 Å².